The van der Waals surface area contributed by atoms with Crippen LogP contribution >= 0.6 is 15.9 Å². The molecule has 0 spiro atoms. The van der Waals surface area contributed by atoms with Crippen LogP contribution in [0.3, 0.4) is 0 Å². The van der Waals surface area contributed by atoms with Gasteiger partial charge in [0.05, 0.1) is 0 Å². The van der Waals surface area contributed by atoms with Crippen LogP contribution in [0.1, 0.15) is 38.2 Å². The molecule has 1 fully saturated rings. The van der Waals surface area contributed by atoms with E-state index in [2.05, 4.69) is 46.1 Å². The number of aryl methyl sites for hydroxylation is 1. The van der Waals surface area contributed by atoms with Crippen LogP contribution in [0.4, 0.5) is 5.82 Å². The average Bonchev–Trinajstić information content (AvgIpc) is 2.19. The second kappa shape index (κ2) is 4.74. The molecule has 16 heavy (non-hydrogen) atoms. The molecule has 1 aliphatic rings. The topological polar surface area (TPSA) is 24.9 Å². The SMILES string of the molecule is CCC1(CNc2ncc(Br)cc2C)CCC1. The summed E-state index contributed by atoms with van der Waals surface area (Å²) >= 11 is 3.44. The van der Waals surface area contributed by atoms with E-state index in [0.29, 0.717) is 5.41 Å². The zero-order valence-corrected chi connectivity index (χ0v) is 11.6. The maximum absolute atomic E-state index is 4.42. The van der Waals surface area contributed by atoms with Gasteiger partial charge in [0.1, 0.15) is 5.82 Å². The fourth-order valence-electron chi connectivity index (χ4n) is 2.33. The molecule has 1 saturated carbocycles. The molecule has 88 valence electrons. The van der Waals surface area contributed by atoms with Crippen LogP contribution in [0.2, 0.25) is 0 Å². The first-order valence-corrected chi connectivity index (χ1v) is 6.80. The summed E-state index contributed by atoms with van der Waals surface area (Å²) < 4.78 is 1.05. The van der Waals surface area contributed by atoms with Crippen LogP contribution in [-0.2, 0) is 0 Å². The maximum Gasteiger partial charge on any atom is 0.128 e. The Morgan fingerprint density at radius 3 is 2.75 bits per heavy atom. The number of hydrogen-bond donors (Lipinski definition) is 1. The summed E-state index contributed by atoms with van der Waals surface area (Å²) in [6, 6.07) is 2.11. The van der Waals surface area contributed by atoms with E-state index in [-0.39, 0.29) is 0 Å². The van der Waals surface area contributed by atoms with Crippen LogP contribution in [0.15, 0.2) is 16.7 Å². The number of aromatic nitrogens is 1. The minimum absolute atomic E-state index is 0.543. The highest BCUT2D eigenvalue weighted by Gasteiger charge is 2.34. The van der Waals surface area contributed by atoms with Crippen molar-refractivity contribution in [1.29, 1.82) is 0 Å². The molecular formula is C13H19BrN2. The number of anilines is 1. The Morgan fingerprint density at radius 1 is 1.50 bits per heavy atom. The van der Waals surface area contributed by atoms with Gasteiger partial charge in [0.15, 0.2) is 0 Å². The van der Waals surface area contributed by atoms with E-state index < -0.39 is 0 Å². The molecule has 0 unspecified atom stereocenters. The lowest BCUT2D eigenvalue weighted by Crippen LogP contribution is -2.36. The molecular weight excluding hydrogens is 264 g/mol. The van der Waals surface area contributed by atoms with E-state index in [1.165, 1.54) is 31.2 Å². The van der Waals surface area contributed by atoms with Crippen molar-refractivity contribution in [3.05, 3.63) is 22.3 Å². The molecule has 1 aromatic rings. The molecule has 0 amide bonds. The molecule has 0 radical (unpaired) electrons. The van der Waals surface area contributed by atoms with Gasteiger partial charge in [-0.3, -0.25) is 0 Å². The molecule has 0 aromatic carbocycles. The summed E-state index contributed by atoms with van der Waals surface area (Å²) in [4.78, 5) is 4.42. The van der Waals surface area contributed by atoms with Gasteiger partial charge < -0.3 is 5.32 Å². The van der Waals surface area contributed by atoms with Crippen LogP contribution in [0.25, 0.3) is 0 Å². The second-order valence-corrected chi connectivity index (χ2v) is 5.80. The first kappa shape index (κ1) is 11.9. The van der Waals surface area contributed by atoms with Gasteiger partial charge in [-0.1, -0.05) is 13.3 Å². The number of nitrogens with zero attached hydrogens (tertiary/aromatic N) is 1. The molecule has 1 aromatic heterocycles. The van der Waals surface area contributed by atoms with Crippen molar-refractivity contribution < 1.29 is 0 Å². The van der Waals surface area contributed by atoms with Crippen LogP contribution in [-0.4, -0.2) is 11.5 Å². The monoisotopic (exact) mass is 282 g/mol. The molecule has 1 N–H and O–H groups in total. The Kier molecular flexibility index (Phi) is 3.53. The van der Waals surface area contributed by atoms with Gasteiger partial charge in [-0.25, -0.2) is 4.98 Å². The summed E-state index contributed by atoms with van der Waals surface area (Å²) in [5.74, 6) is 1.03. The third-order valence-corrected chi connectivity index (χ3v) is 4.27. The van der Waals surface area contributed by atoms with Gasteiger partial charge in [0.25, 0.3) is 0 Å². The highest BCUT2D eigenvalue weighted by molar-refractivity contribution is 9.10. The summed E-state index contributed by atoms with van der Waals surface area (Å²) in [7, 11) is 0. The molecule has 0 bridgehead atoms. The van der Waals surface area contributed by atoms with Gasteiger partial charge in [-0.05, 0) is 59.2 Å². The highest BCUT2D eigenvalue weighted by atomic mass is 79.9. The van der Waals surface area contributed by atoms with Crippen molar-refractivity contribution in [1.82, 2.24) is 4.98 Å². The Balaban J connectivity index is 1.99. The fourth-order valence-corrected chi connectivity index (χ4v) is 2.77. The molecule has 2 nitrogen and oxygen atoms in total. The fraction of sp³-hybridized carbons (Fsp3) is 0.615. The Morgan fingerprint density at radius 2 is 2.25 bits per heavy atom. The molecule has 1 heterocycles. The number of hydrogen-bond acceptors (Lipinski definition) is 2. The second-order valence-electron chi connectivity index (χ2n) is 4.88. The number of rotatable bonds is 4. The molecule has 2 rings (SSSR count). The zero-order valence-electron chi connectivity index (χ0n) is 10.0. The number of nitrogens with one attached hydrogen (secondary N) is 1. The molecule has 0 atom stereocenters. The largest absolute Gasteiger partial charge is 0.369 e. The Labute approximate surface area is 106 Å². The number of halogens is 1. The van der Waals surface area contributed by atoms with Gasteiger partial charge in [0, 0.05) is 17.2 Å². The van der Waals surface area contributed by atoms with Crippen molar-refractivity contribution in [2.24, 2.45) is 5.41 Å². The van der Waals surface area contributed by atoms with Crippen molar-refractivity contribution >= 4 is 21.7 Å². The third kappa shape index (κ3) is 2.40. The normalized spacial score (nSPS) is 17.9. The third-order valence-electron chi connectivity index (χ3n) is 3.84. The minimum Gasteiger partial charge on any atom is -0.369 e. The van der Waals surface area contributed by atoms with Crippen molar-refractivity contribution in [3.63, 3.8) is 0 Å². The lowest BCUT2D eigenvalue weighted by Gasteiger charge is -2.41. The van der Waals surface area contributed by atoms with E-state index in [1.807, 2.05) is 6.20 Å². The first-order valence-electron chi connectivity index (χ1n) is 6.01. The van der Waals surface area contributed by atoms with Gasteiger partial charge in [-0.2, -0.15) is 0 Å². The van der Waals surface area contributed by atoms with E-state index in [0.717, 1.165) is 16.8 Å². The van der Waals surface area contributed by atoms with E-state index in [4.69, 9.17) is 0 Å². The quantitative estimate of drug-likeness (QED) is 0.898. The lowest BCUT2D eigenvalue weighted by atomic mass is 9.67. The molecule has 0 saturated heterocycles. The molecule has 1 aliphatic carbocycles. The Hall–Kier alpha value is -0.570. The lowest BCUT2D eigenvalue weighted by molar-refractivity contribution is 0.145. The van der Waals surface area contributed by atoms with Crippen LogP contribution < -0.4 is 5.32 Å². The Bertz CT molecular complexity index is 367. The average molecular weight is 283 g/mol. The predicted molar refractivity (Wildman–Crippen MR) is 71.7 cm³/mol. The van der Waals surface area contributed by atoms with Crippen LogP contribution in [0, 0.1) is 12.3 Å². The highest BCUT2D eigenvalue weighted by Crippen LogP contribution is 2.43. The predicted octanol–water partition coefficient (Wildman–Crippen LogP) is 4.14. The zero-order chi connectivity index (χ0) is 11.6. The van der Waals surface area contributed by atoms with Crippen LogP contribution in [0.5, 0.6) is 0 Å². The van der Waals surface area contributed by atoms with Crippen molar-refractivity contribution in [2.45, 2.75) is 39.5 Å². The molecule has 3 heteroatoms. The summed E-state index contributed by atoms with van der Waals surface area (Å²) in [6.45, 7) is 5.46. The maximum atomic E-state index is 4.42. The van der Waals surface area contributed by atoms with Gasteiger partial charge >= 0.3 is 0 Å². The minimum atomic E-state index is 0.543. The van der Waals surface area contributed by atoms with Gasteiger partial charge in [0.2, 0.25) is 0 Å². The number of pyridine rings is 1. The molecule has 0 aliphatic heterocycles. The summed E-state index contributed by atoms with van der Waals surface area (Å²) in [6.07, 6.45) is 7.25. The van der Waals surface area contributed by atoms with E-state index in [9.17, 15) is 0 Å². The summed E-state index contributed by atoms with van der Waals surface area (Å²) in [5.41, 5.74) is 1.75. The van der Waals surface area contributed by atoms with Crippen molar-refractivity contribution in [3.8, 4) is 0 Å². The smallest absolute Gasteiger partial charge is 0.128 e. The van der Waals surface area contributed by atoms with Gasteiger partial charge in [-0.15, -0.1) is 0 Å². The van der Waals surface area contributed by atoms with E-state index >= 15 is 0 Å². The standard InChI is InChI=1S/C13H19BrN2/c1-3-13(5-4-6-13)9-16-12-10(2)7-11(14)8-15-12/h7-8H,3-6,9H2,1-2H3,(H,15,16). The van der Waals surface area contributed by atoms with E-state index in [1.54, 1.807) is 0 Å². The first-order chi connectivity index (χ1) is 7.65. The summed E-state index contributed by atoms with van der Waals surface area (Å²) in [5, 5.41) is 3.50. The van der Waals surface area contributed by atoms with Crippen molar-refractivity contribution in [2.75, 3.05) is 11.9 Å².